The van der Waals surface area contributed by atoms with Crippen molar-refractivity contribution in [3.05, 3.63) is 40.2 Å². The summed E-state index contributed by atoms with van der Waals surface area (Å²) in [4.78, 5) is 28.6. The third kappa shape index (κ3) is 4.37. The summed E-state index contributed by atoms with van der Waals surface area (Å²) < 4.78 is 4.88. The van der Waals surface area contributed by atoms with Gasteiger partial charge < -0.3 is 15.2 Å². The molecule has 1 unspecified atom stereocenters. The molecular formula is C16H18N2O4S. The van der Waals surface area contributed by atoms with E-state index < -0.39 is 17.9 Å². The lowest BCUT2D eigenvalue weighted by atomic mass is 10.1. The number of hydrogen-bond donors (Lipinski definition) is 2. The lowest BCUT2D eigenvalue weighted by Crippen LogP contribution is -2.41. The number of carbonyl (C=O) groups is 2. The Kier molecular flexibility index (Phi) is 5.84. The van der Waals surface area contributed by atoms with Crippen molar-refractivity contribution in [2.24, 2.45) is 0 Å². The molecule has 23 heavy (non-hydrogen) atoms. The van der Waals surface area contributed by atoms with Gasteiger partial charge in [0.05, 0.1) is 10.7 Å². The van der Waals surface area contributed by atoms with Crippen LogP contribution in [0.1, 0.15) is 21.1 Å². The molecule has 0 spiro atoms. The van der Waals surface area contributed by atoms with Gasteiger partial charge in [0.25, 0.3) is 5.91 Å². The van der Waals surface area contributed by atoms with Gasteiger partial charge in [0.1, 0.15) is 10.9 Å². The van der Waals surface area contributed by atoms with E-state index in [1.165, 1.54) is 18.4 Å². The molecule has 7 heteroatoms. The predicted octanol–water partition coefficient (Wildman–Crippen LogP) is 2.34. The molecule has 0 aliphatic heterocycles. The highest BCUT2D eigenvalue weighted by atomic mass is 32.1. The quantitative estimate of drug-likeness (QED) is 0.811. The van der Waals surface area contributed by atoms with Gasteiger partial charge in [0.15, 0.2) is 0 Å². The summed E-state index contributed by atoms with van der Waals surface area (Å²) in [5, 5.41) is 12.5. The topological polar surface area (TPSA) is 88.5 Å². The highest BCUT2D eigenvalue weighted by Crippen LogP contribution is 2.27. The molecule has 2 rings (SSSR count). The van der Waals surface area contributed by atoms with Gasteiger partial charge in [-0.05, 0) is 6.92 Å². The highest BCUT2D eigenvalue weighted by molar-refractivity contribution is 7.14. The Morgan fingerprint density at radius 2 is 2.04 bits per heavy atom. The number of thiazole rings is 1. The smallest absolute Gasteiger partial charge is 0.326 e. The number of aliphatic carboxylic acids is 1. The number of aromatic nitrogens is 1. The zero-order valence-electron chi connectivity index (χ0n) is 12.9. The van der Waals surface area contributed by atoms with E-state index in [1.54, 1.807) is 0 Å². The minimum Gasteiger partial charge on any atom is -0.480 e. The van der Waals surface area contributed by atoms with Gasteiger partial charge in [-0.2, -0.15) is 0 Å². The number of carboxylic acids is 1. The van der Waals surface area contributed by atoms with Gasteiger partial charge in [-0.1, -0.05) is 30.3 Å². The Balaban J connectivity index is 2.24. The number of hydrogen-bond acceptors (Lipinski definition) is 5. The molecular weight excluding hydrogens is 316 g/mol. The molecule has 0 aliphatic rings. The van der Waals surface area contributed by atoms with Gasteiger partial charge in [0, 0.05) is 25.7 Å². The third-order valence-corrected chi connectivity index (χ3v) is 4.17. The molecule has 0 fully saturated rings. The fraction of sp³-hybridized carbons (Fsp3) is 0.312. The summed E-state index contributed by atoms with van der Waals surface area (Å²) in [6.45, 7) is 2.07. The van der Waals surface area contributed by atoms with Crippen molar-refractivity contribution in [1.29, 1.82) is 0 Å². The van der Waals surface area contributed by atoms with Crippen molar-refractivity contribution in [1.82, 2.24) is 10.3 Å². The van der Waals surface area contributed by atoms with Crippen LogP contribution in [0.4, 0.5) is 0 Å². The standard InChI is InChI=1S/C16H18N2O4S/c1-10-17-13(11-6-4-3-5-7-11)14(23-10)15(19)18-12(16(20)21)8-9-22-2/h3-7,12H,8-9H2,1-2H3,(H,18,19)(H,20,21). The van der Waals surface area contributed by atoms with Crippen LogP contribution < -0.4 is 5.32 Å². The van der Waals surface area contributed by atoms with E-state index in [-0.39, 0.29) is 13.0 Å². The first-order valence-electron chi connectivity index (χ1n) is 7.08. The maximum atomic E-state index is 12.5. The second-order valence-corrected chi connectivity index (χ2v) is 6.13. The molecule has 0 aliphatic carbocycles. The molecule has 1 aromatic carbocycles. The molecule has 6 nitrogen and oxygen atoms in total. The molecule has 2 N–H and O–H groups in total. The molecule has 1 atom stereocenters. The van der Waals surface area contributed by atoms with E-state index in [0.717, 1.165) is 10.6 Å². The Bertz CT molecular complexity index is 685. The summed E-state index contributed by atoms with van der Waals surface area (Å²) in [5.41, 5.74) is 1.40. The van der Waals surface area contributed by atoms with Crippen LogP contribution in [0.25, 0.3) is 11.3 Å². The SMILES string of the molecule is COCCC(NC(=O)c1sc(C)nc1-c1ccccc1)C(=O)O. The first kappa shape index (κ1) is 17.1. The van der Waals surface area contributed by atoms with Crippen LogP contribution in [0, 0.1) is 6.92 Å². The van der Waals surface area contributed by atoms with Crippen molar-refractivity contribution >= 4 is 23.2 Å². The number of nitrogens with one attached hydrogen (secondary N) is 1. The average Bonchev–Trinajstić information content (AvgIpc) is 2.94. The van der Waals surface area contributed by atoms with Crippen LogP contribution in [0.3, 0.4) is 0 Å². The zero-order chi connectivity index (χ0) is 16.8. The first-order chi connectivity index (χ1) is 11.0. The van der Waals surface area contributed by atoms with E-state index in [4.69, 9.17) is 4.74 Å². The van der Waals surface area contributed by atoms with Crippen molar-refractivity contribution in [2.45, 2.75) is 19.4 Å². The van der Waals surface area contributed by atoms with Crippen molar-refractivity contribution < 1.29 is 19.4 Å². The number of rotatable bonds is 7. The summed E-state index contributed by atoms with van der Waals surface area (Å²) in [6, 6.07) is 8.35. The molecule has 0 saturated carbocycles. The maximum Gasteiger partial charge on any atom is 0.326 e. The van der Waals surface area contributed by atoms with E-state index in [1.807, 2.05) is 37.3 Å². The zero-order valence-corrected chi connectivity index (χ0v) is 13.7. The van der Waals surface area contributed by atoms with E-state index in [0.29, 0.717) is 10.6 Å². The van der Waals surface area contributed by atoms with Crippen molar-refractivity contribution in [3.63, 3.8) is 0 Å². The maximum absolute atomic E-state index is 12.5. The fourth-order valence-electron chi connectivity index (χ4n) is 2.09. The lowest BCUT2D eigenvalue weighted by Gasteiger charge is -2.13. The molecule has 1 aromatic heterocycles. The molecule has 2 aromatic rings. The normalized spacial score (nSPS) is 11.9. The second-order valence-electron chi connectivity index (χ2n) is 4.92. The summed E-state index contributed by atoms with van der Waals surface area (Å²) in [7, 11) is 1.49. The number of amides is 1. The minimum absolute atomic E-state index is 0.204. The molecule has 0 bridgehead atoms. The fourth-order valence-corrected chi connectivity index (χ4v) is 2.93. The van der Waals surface area contributed by atoms with Crippen LogP contribution >= 0.6 is 11.3 Å². The number of carboxylic acid groups (broad SMARTS) is 1. The van der Waals surface area contributed by atoms with Crippen LogP contribution in [0.15, 0.2) is 30.3 Å². The van der Waals surface area contributed by atoms with Crippen LogP contribution in [-0.2, 0) is 9.53 Å². The third-order valence-electron chi connectivity index (χ3n) is 3.20. The number of methoxy groups -OCH3 is 1. The second kappa shape index (κ2) is 7.85. The van der Waals surface area contributed by atoms with Gasteiger partial charge in [0.2, 0.25) is 0 Å². The van der Waals surface area contributed by atoms with E-state index in [2.05, 4.69) is 10.3 Å². The summed E-state index contributed by atoms with van der Waals surface area (Å²) >= 11 is 1.25. The molecule has 122 valence electrons. The average molecular weight is 334 g/mol. The Morgan fingerprint density at radius 1 is 1.35 bits per heavy atom. The predicted molar refractivity (Wildman–Crippen MR) is 87.7 cm³/mol. The van der Waals surface area contributed by atoms with Crippen LogP contribution in [0.5, 0.6) is 0 Å². The van der Waals surface area contributed by atoms with E-state index >= 15 is 0 Å². The largest absolute Gasteiger partial charge is 0.480 e. The van der Waals surface area contributed by atoms with Gasteiger partial charge in [-0.3, -0.25) is 4.79 Å². The van der Waals surface area contributed by atoms with Gasteiger partial charge in [-0.25, -0.2) is 9.78 Å². The molecule has 0 radical (unpaired) electrons. The minimum atomic E-state index is -1.09. The van der Waals surface area contributed by atoms with Crippen molar-refractivity contribution in [2.75, 3.05) is 13.7 Å². The van der Waals surface area contributed by atoms with Crippen molar-refractivity contribution in [3.8, 4) is 11.3 Å². The number of aryl methyl sites for hydroxylation is 1. The highest BCUT2D eigenvalue weighted by Gasteiger charge is 2.24. The molecule has 0 saturated heterocycles. The summed E-state index contributed by atoms with van der Waals surface area (Å²) in [6.07, 6.45) is 0.204. The molecule has 1 amide bonds. The van der Waals surface area contributed by atoms with Gasteiger partial charge >= 0.3 is 5.97 Å². The number of carbonyl (C=O) groups excluding carboxylic acids is 1. The van der Waals surface area contributed by atoms with Crippen LogP contribution in [0.2, 0.25) is 0 Å². The number of nitrogens with zero attached hydrogens (tertiary/aromatic N) is 1. The Hall–Kier alpha value is -2.25. The Morgan fingerprint density at radius 3 is 2.65 bits per heavy atom. The summed E-state index contributed by atoms with van der Waals surface area (Å²) in [5.74, 6) is -1.52. The van der Waals surface area contributed by atoms with Gasteiger partial charge in [-0.15, -0.1) is 11.3 Å². The molecule has 1 heterocycles. The lowest BCUT2D eigenvalue weighted by molar-refractivity contribution is -0.139. The number of ether oxygens (including phenoxy) is 1. The monoisotopic (exact) mass is 334 g/mol. The first-order valence-corrected chi connectivity index (χ1v) is 7.90. The van der Waals surface area contributed by atoms with E-state index in [9.17, 15) is 14.7 Å². The Labute approximate surface area is 138 Å². The number of benzene rings is 1. The van der Waals surface area contributed by atoms with Crippen LogP contribution in [-0.4, -0.2) is 41.7 Å².